The van der Waals surface area contributed by atoms with E-state index < -0.39 is 5.91 Å². The Kier molecular flexibility index (Phi) is 2.05. The lowest BCUT2D eigenvalue weighted by atomic mass is 10.2. The van der Waals surface area contributed by atoms with Crippen molar-refractivity contribution in [2.24, 2.45) is 5.73 Å². The molecule has 7 heteroatoms. The maximum atomic E-state index is 10.9. The van der Waals surface area contributed by atoms with Crippen molar-refractivity contribution in [2.45, 2.75) is 0 Å². The van der Waals surface area contributed by atoms with Crippen molar-refractivity contribution in [3.63, 3.8) is 0 Å². The fourth-order valence-corrected chi connectivity index (χ4v) is 1.10. The number of H-pyrrole nitrogens is 1. The maximum Gasteiger partial charge on any atom is 0.254 e. The molecular weight excluding hydrogens is 196 g/mol. The second-order valence-electron chi connectivity index (χ2n) is 2.84. The molecule has 7 nitrogen and oxygen atoms in total. The van der Waals surface area contributed by atoms with E-state index in [2.05, 4.69) is 20.2 Å². The SMILES string of the molecule is NC(=O)c1cnc(-c2cn[nH]c2)nc1N. The fraction of sp³-hybridized carbons (Fsp3) is 0. The second kappa shape index (κ2) is 3.37. The van der Waals surface area contributed by atoms with Gasteiger partial charge in [-0.1, -0.05) is 0 Å². The van der Waals surface area contributed by atoms with Crippen molar-refractivity contribution in [1.29, 1.82) is 0 Å². The van der Waals surface area contributed by atoms with Gasteiger partial charge in [0.2, 0.25) is 0 Å². The van der Waals surface area contributed by atoms with Gasteiger partial charge in [-0.2, -0.15) is 5.10 Å². The monoisotopic (exact) mass is 204 g/mol. The van der Waals surface area contributed by atoms with Gasteiger partial charge in [-0.05, 0) is 0 Å². The summed E-state index contributed by atoms with van der Waals surface area (Å²) < 4.78 is 0. The van der Waals surface area contributed by atoms with Gasteiger partial charge in [0, 0.05) is 12.4 Å². The summed E-state index contributed by atoms with van der Waals surface area (Å²) in [4.78, 5) is 18.8. The van der Waals surface area contributed by atoms with Crippen LogP contribution < -0.4 is 11.5 Å². The van der Waals surface area contributed by atoms with Gasteiger partial charge < -0.3 is 11.5 Å². The minimum absolute atomic E-state index is 0.0636. The van der Waals surface area contributed by atoms with Crippen LogP contribution in [0, 0.1) is 0 Å². The van der Waals surface area contributed by atoms with Crippen LogP contribution in [0.2, 0.25) is 0 Å². The fourth-order valence-electron chi connectivity index (χ4n) is 1.10. The van der Waals surface area contributed by atoms with Gasteiger partial charge in [-0.15, -0.1) is 0 Å². The first-order valence-corrected chi connectivity index (χ1v) is 4.10. The van der Waals surface area contributed by atoms with Crippen LogP contribution in [-0.4, -0.2) is 26.1 Å². The van der Waals surface area contributed by atoms with E-state index in [0.717, 1.165) is 0 Å². The summed E-state index contributed by atoms with van der Waals surface area (Å²) in [7, 11) is 0. The molecule has 1 amide bonds. The first-order valence-electron chi connectivity index (χ1n) is 4.10. The van der Waals surface area contributed by atoms with Crippen molar-refractivity contribution in [2.75, 3.05) is 5.73 Å². The Balaban J connectivity index is 2.47. The molecule has 2 aromatic rings. The largest absolute Gasteiger partial charge is 0.383 e. The third-order valence-corrected chi connectivity index (χ3v) is 1.84. The highest BCUT2D eigenvalue weighted by Crippen LogP contribution is 2.15. The first kappa shape index (κ1) is 9.13. The van der Waals surface area contributed by atoms with Gasteiger partial charge in [-0.3, -0.25) is 9.89 Å². The Labute approximate surface area is 84.5 Å². The molecule has 2 heterocycles. The Hall–Kier alpha value is -2.44. The smallest absolute Gasteiger partial charge is 0.254 e. The number of carbonyl (C=O) groups is 1. The van der Waals surface area contributed by atoms with Crippen LogP contribution in [0.3, 0.4) is 0 Å². The van der Waals surface area contributed by atoms with Crippen molar-refractivity contribution in [1.82, 2.24) is 20.2 Å². The van der Waals surface area contributed by atoms with E-state index >= 15 is 0 Å². The van der Waals surface area contributed by atoms with Gasteiger partial charge in [0.25, 0.3) is 5.91 Å². The third kappa shape index (κ3) is 1.62. The molecule has 76 valence electrons. The summed E-state index contributed by atoms with van der Waals surface area (Å²) in [6.45, 7) is 0. The van der Waals surface area contributed by atoms with Crippen molar-refractivity contribution >= 4 is 11.7 Å². The van der Waals surface area contributed by atoms with E-state index in [9.17, 15) is 4.79 Å². The highest BCUT2D eigenvalue weighted by molar-refractivity contribution is 5.96. The predicted octanol–water partition coefficient (Wildman–Crippen LogP) is -0.452. The quantitative estimate of drug-likeness (QED) is 0.611. The van der Waals surface area contributed by atoms with Crippen molar-refractivity contribution in [3.05, 3.63) is 24.2 Å². The van der Waals surface area contributed by atoms with Gasteiger partial charge in [0.05, 0.1) is 17.3 Å². The van der Waals surface area contributed by atoms with Crippen LogP contribution >= 0.6 is 0 Å². The molecule has 2 rings (SSSR count). The number of nitrogens with one attached hydrogen (secondary N) is 1. The molecule has 15 heavy (non-hydrogen) atoms. The molecule has 0 atom stereocenters. The number of amides is 1. The number of nitrogens with zero attached hydrogens (tertiary/aromatic N) is 3. The normalized spacial score (nSPS) is 10.1. The highest BCUT2D eigenvalue weighted by atomic mass is 16.1. The summed E-state index contributed by atoms with van der Waals surface area (Å²) in [6, 6.07) is 0. The summed E-state index contributed by atoms with van der Waals surface area (Å²) >= 11 is 0. The average molecular weight is 204 g/mol. The third-order valence-electron chi connectivity index (χ3n) is 1.84. The molecule has 0 aromatic carbocycles. The minimum Gasteiger partial charge on any atom is -0.383 e. The number of nitrogens with two attached hydrogens (primary N) is 2. The Morgan fingerprint density at radius 1 is 1.40 bits per heavy atom. The highest BCUT2D eigenvalue weighted by Gasteiger charge is 2.10. The van der Waals surface area contributed by atoms with E-state index in [-0.39, 0.29) is 11.4 Å². The zero-order valence-electron chi connectivity index (χ0n) is 7.64. The number of rotatable bonds is 2. The molecule has 0 radical (unpaired) electrons. The first-order chi connectivity index (χ1) is 7.18. The number of carbonyl (C=O) groups excluding carboxylic acids is 1. The zero-order valence-corrected chi connectivity index (χ0v) is 7.64. The number of aromatic nitrogens is 4. The summed E-state index contributed by atoms with van der Waals surface area (Å²) in [6.07, 6.45) is 4.48. The minimum atomic E-state index is -0.647. The molecule has 0 aliphatic heterocycles. The number of hydrogen-bond donors (Lipinski definition) is 3. The number of aromatic amines is 1. The van der Waals surface area contributed by atoms with E-state index in [0.29, 0.717) is 11.4 Å². The topological polar surface area (TPSA) is 124 Å². The average Bonchev–Trinajstić information content (AvgIpc) is 2.69. The zero-order chi connectivity index (χ0) is 10.8. The van der Waals surface area contributed by atoms with Crippen LogP contribution in [0.15, 0.2) is 18.6 Å². The van der Waals surface area contributed by atoms with Gasteiger partial charge in [-0.25, -0.2) is 9.97 Å². The van der Waals surface area contributed by atoms with Gasteiger partial charge in [0.1, 0.15) is 5.82 Å². The number of nitrogen functional groups attached to an aromatic ring is 1. The van der Waals surface area contributed by atoms with Crippen LogP contribution in [0.25, 0.3) is 11.4 Å². The molecule has 0 saturated carbocycles. The number of primary amides is 1. The lowest BCUT2D eigenvalue weighted by molar-refractivity contribution is 0.100. The molecule has 0 aliphatic carbocycles. The lowest BCUT2D eigenvalue weighted by Gasteiger charge is -2.01. The molecule has 0 spiro atoms. The standard InChI is InChI=1S/C8H8N6O/c9-6-5(7(10)15)3-11-8(14-6)4-1-12-13-2-4/h1-3H,(H2,10,15)(H,12,13)(H2,9,11,14). The Bertz CT molecular complexity index is 492. The summed E-state index contributed by atoms with van der Waals surface area (Å²) in [5.41, 5.74) is 11.4. The molecule has 2 aromatic heterocycles. The molecule has 0 fully saturated rings. The molecule has 5 N–H and O–H groups in total. The van der Waals surface area contributed by atoms with E-state index in [1.54, 1.807) is 12.4 Å². The van der Waals surface area contributed by atoms with E-state index in [1.165, 1.54) is 6.20 Å². The van der Waals surface area contributed by atoms with E-state index in [4.69, 9.17) is 11.5 Å². The van der Waals surface area contributed by atoms with Crippen molar-refractivity contribution < 1.29 is 4.79 Å². The van der Waals surface area contributed by atoms with Gasteiger partial charge >= 0.3 is 0 Å². The molecule has 0 aliphatic rings. The van der Waals surface area contributed by atoms with Crippen LogP contribution in [0.4, 0.5) is 5.82 Å². The predicted molar refractivity (Wildman–Crippen MR) is 52.5 cm³/mol. The van der Waals surface area contributed by atoms with Crippen molar-refractivity contribution in [3.8, 4) is 11.4 Å². The summed E-state index contributed by atoms with van der Waals surface area (Å²) in [5, 5.41) is 6.37. The molecule has 0 saturated heterocycles. The molecule has 0 unspecified atom stereocenters. The maximum absolute atomic E-state index is 10.9. The summed E-state index contributed by atoms with van der Waals surface area (Å²) in [5.74, 6) is -0.189. The number of hydrogen-bond acceptors (Lipinski definition) is 5. The molecular formula is C8H8N6O. The van der Waals surface area contributed by atoms with Crippen LogP contribution in [0.5, 0.6) is 0 Å². The lowest BCUT2D eigenvalue weighted by Crippen LogP contribution is -2.15. The Morgan fingerprint density at radius 2 is 2.20 bits per heavy atom. The Morgan fingerprint density at radius 3 is 2.73 bits per heavy atom. The van der Waals surface area contributed by atoms with E-state index in [1.807, 2.05) is 0 Å². The van der Waals surface area contributed by atoms with Crippen LogP contribution in [0.1, 0.15) is 10.4 Å². The van der Waals surface area contributed by atoms with Gasteiger partial charge in [0.15, 0.2) is 5.82 Å². The van der Waals surface area contributed by atoms with Crippen LogP contribution in [-0.2, 0) is 0 Å². The second-order valence-corrected chi connectivity index (χ2v) is 2.84. The molecule has 0 bridgehead atoms. The number of anilines is 1.